The van der Waals surface area contributed by atoms with Gasteiger partial charge in [0.2, 0.25) is 0 Å². The van der Waals surface area contributed by atoms with Gasteiger partial charge in [-0.3, -0.25) is 0 Å². The van der Waals surface area contributed by atoms with Crippen LogP contribution in [0.1, 0.15) is 5.56 Å². The van der Waals surface area contributed by atoms with Crippen molar-refractivity contribution >= 4 is 34.7 Å². The number of anilines is 2. The van der Waals surface area contributed by atoms with Gasteiger partial charge in [0.25, 0.3) is 0 Å². The van der Waals surface area contributed by atoms with E-state index in [1.165, 1.54) is 18.5 Å². The predicted octanol–water partition coefficient (Wildman–Crippen LogP) is 3.78. The molecule has 3 nitrogen and oxygen atoms in total. The second kappa shape index (κ2) is 5.50. The Morgan fingerprint density at radius 2 is 2.11 bits per heavy atom. The van der Waals surface area contributed by atoms with Crippen LogP contribution < -0.4 is 4.90 Å². The number of hydrogen-bond donors (Lipinski definition) is 0. The summed E-state index contributed by atoms with van der Waals surface area (Å²) >= 11 is 11.8. The third-order valence-electron chi connectivity index (χ3n) is 2.52. The number of rotatable bonds is 3. The molecule has 0 radical (unpaired) electrons. The molecule has 0 aliphatic carbocycles. The van der Waals surface area contributed by atoms with Crippen LogP contribution in [0.15, 0.2) is 30.6 Å². The fourth-order valence-electron chi connectivity index (χ4n) is 1.59. The van der Waals surface area contributed by atoms with E-state index in [0.717, 1.165) is 0 Å². The normalized spacial score (nSPS) is 10.4. The molecular weight excluding hydrogens is 276 g/mol. The molecule has 0 amide bonds. The SMILES string of the molecule is CN(c1cccc(F)c1)c1ncnc(Cl)c1CCl. The first kappa shape index (κ1) is 13.1. The molecule has 0 unspecified atom stereocenters. The van der Waals surface area contributed by atoms with E-state index >= 15 is 0 Å². The molecule has 0 N–H and O–H groups in total. The second-order valence-corrected chi connectivity index (χ2v) is 4.26. The molecule has 0 aliphatic rings. The van der Waals surface area contributed by atoms with E-state index in [-0.39, 0.29) is 11.7 Å². The molecule has 1 aromatic heterocycles. The van der Waals surface area contributed by atoms with Crippen molar-refractivity contribution in [3.05, 3.63) is 47.1 Å². The molecule has 6 heteroatoms. The summed E-state index contributed by atoms with van der Waals surface area (Å²) in [5, 5.41) is 0.304. The molecular formula is C12H10Cl2FN3. The molecule has 2 aromatic rings. The zero-order valence-electron chi connectivity index (χ0n) is 9.57. The van der Waals surface area contributed by atoms with Crippen molar-refractivity contribution in [2.45, 2.75) is 5.88 Å². The summed E-state index contributed by atoms with van der Waals surface area (Å²) in [4.78, 5) is 9.73. The summed E-state index contributed by atoms with van der Waals surface area (Å²) in [7, 11) is 1.77. The van der Waals surface area contributed by atoms with E-state index in [9.17, 15) is 4.39 Å². The minimum Gasteiger partial charge on any atom is -0.329 e. The van der Waals surface area contributed by atoms with E-state index < -0.39 is 0 Å². The van der Waals surface area contributed by atoms with Crippen molar-refractivity contribution in [1.29, 1.82) is 0 Å². The van der Waals surface area contributed by atoms with Crippen LogP contribution in [0.3, 0.4) is 0 Å². The Balaban J connectivity index is 2.46. The lowest BCUT2D eigenvalue weighted by molar-refractivity contribution is 0.628. The molecule has 0 saturated carbocycles. The van der Waals surface area contributed by atoms with Crippen molar-refractivity contribution in [1.82, 2.24) is 9.97 Å². The Kier molecular flexibility index (Phi) is 3.99. The van der Waals surface area contributed by atoms with Gasteiger partial charge in [-0.25, -0.2) is 14.4 Å². The third kappa shape index (κ3) is 2.54. The average Bonchev–Trinajstić information content (AvgIpc) is 2.37. The van der Waals surface area contributed by atoms with E-state index in [1.54, 1.807) is 24.1 Å². The lowest BCUT2D eigenvalue weighted by atomic mass is 10.2. The average molecular weight is 286 g/mol. The summed E-state index contributed by atoms with van der Waals surface area (Å²) < 4.78 is 13.2. The number of alkyl halides is 1. The van der Waals surface area contributed by atoms with Crippen LogP contribution in [0, 0.1) is 5.82 Å². The minimum atomic E-state index is -0.313. The van der Waals surface area contributed by atoms with E-state index in [1.807, 2.05) is 0 Å². The highest BCUT2D eigenvalue weighted by Crippen LogP contribution is 2.29. The second-order valence-electron chi connectivity index (χ2n) is 3.64. The van der Waals surface area contributed by atoms with Crippen LogP contribution in [0.5, 0.6) is 0 Å². The van der Waals surface area contributed by atoms with Gasteiger partial charge in [0.15, 0.2) is 0 Å². The molecule has 0 aliphatic heterocycles. The van der Waals surface area contributed by atoms with Gasteiger partial charge >= 0.3 is 0 Å². The van der Waals surface area contributed by atoms with Crippen molar-refractivity contribution in [2.75, 3.05) is 11.9 Å². The highest BCUT2D eigenvalue weighted by atomic mass is 35.5. The van der Waals surface area contributed by atoms with Gasteiger partial charge in [0, 0.05) is 18.3 Å². The van der Waals surface area contributed by atoms with Crippen molar-refractivity contribution in [2.24, 2.45) is 0 Å². The molecule has 18 heavy (non-hydrogen) atoms. The fourth-order valence-corrected chi connectivity index (χ4v) is 2.10. The summed E-state index contributed by atoms with van der Waals surface area (Å²) in [6.07, 6.45) is 1.35. The molecule has 94 valence electrons. The highest BCUT2D eigenvalue weighted by Gasteiger charge is 2.14. The Morgan fingerprint density at radius 1 is 1.33 bits per heavy atom. The predicted molar refractivity (Wildman–Crippen MR) is 71.1 cm³/mol. The zero-order valence-corrected chi connectivity index (χ0v) is 11.1. The number of hydrogen-bond acceptors (Lipinski definition) is 3. The van der Waals surface area contributed by atoms with Crippen LogP contribution in [-0.2, 0) is 5.88 Å². The molecule has 0 atom stereocenters. The standard InChI is InChI=1S/C12H10Cl2FN3/c1-18(9-4-2-3-8(15)5-9)12-10(6-13)11(14)16-7-17-12/h2-5,7H,6H2,1H3. The lowest BCUT2D eigenvalue weighted by Crippen LogP contribution is -2.14. The van der Waals surface area contributed by atoms with Crippen LogP contribution in [0.4, 0.5) is 15.9 Å². The highest BCUT2D eigenvalue weighted by molar-refractivity contribution is 6.31. The number of aromatic nitrogens is 2. The van der Waals surface area contributed by atoms with Crippen molar-refractivity contribution in [3.8, 4) is 0 Å². The smallest absolute Gasteiger partial charge is 0.142 e. The summed E-state index contributed by atoms with van der Waals surface area (Å²) in [5.41, 5.74) is 1.28. The van der Waals surface area contributed by atoms with E-state index in [4.69, 9.17) is 23.2 Å². The fraction of sp³-hybridized carbons (Fsp3) is 0.167. The summed E-state index contributed by atoms with van der Waals surface area (Å²) in [6, 6.07) is 6.20. The molecule has 2 rings (SSSR count). The number of halogens is 3. The lowest BCUT2D eigenvalue weighted by Gasteiger charge is -2.20. The van der Waals surface area contributed by atoms with Gasteiger partial charge < -0.3 is 4.90 Å². The maximum Gasteiger partial charge on any atom is 0.142 e. The molecule has 1 heterocycles. The first-order valence-corrected chi connectivity index (χ1v) is 6.09. The van der Waals surface area contributed by atoms with Crippen molar-refractivity contribution < 1.29 is 4.39 Å². The van der Waals surface area contributed by atoms with Gasteiger partial charge in [0.1, 0.15) is 23.1 Å². The van der Waals surface area contributed by atoms with Crippen LogP contribution in [0.25, 0.3) is 0 Å². The van der Waals surface area contributed by atoms with Gasteiger partial charge in [-0.2, -0.15) is 0 Å². The van der Waals surface area contributed by atoms with Gasteiger partial charge in [-0.1, -0.05) is 17.7 Å². The Morgan fingerprint density at radius 3 is 2.78 bits per heavy atom. The van der Waals surface area contributed by atoms with Gasteiger partial charge in [-0.05, 0) is 18.2 Å². The monoisotopic (exact) mass is 285 g/mol. The largest absolute Gasteiger partial charge is 0.329 e. The first-order chi connectivity index (χ1) is 8.63. The number of nitrogens with zero attached hydrogens (tertiary/aromatic N) is 3. The minimum absolute atomic E-state index is 0.189. The summed E-state index contributed by atoms with van der Waals surface area (Å²) in [6.45, 7) is 0. The molecule has 0 bridgehead atoms. The van der Waals surface area contributed by atoms with Crippen LogP contribution in [-0.4, -0.2) is 17.0 Å². The van der Waals surface area contributed by atoms with Crippen LogP contribution in [0.2, 0.25) is 5.15 Å². The Labute approximate surface area is 114 Å². The molecule has 0 spiro atoms. The first-order valence-electron chi connectivity index (χ1n) is 5.18. The number of benzene rings is 1. The maximum absolute atomic E-state index is 13.2. The molecule has 0 saturated heterocycles. The topological polar surface area (TPSA) is 29.0 Å². The Hall–Kier alpha value is -1.39. The maximum atomic E-state index is 13.2. The van der Waals surface area contributed by atoms with Gasteiger partial charge in [-0.15, -0.1) is 11.6 Å². The quantitative estimate of drug-likeness (QED) is 0.635. The summed E-state index contributed by atoms with van der Waals surface area (Å²) in [5.74, 6) is 0.441. The van der Waals surface area contributed by atoms with E-state index in [2.05, 4.69) is 9.97 Å². The molecule has 1 aromatic carbocycles. The zero-order chi connectivity index (χ0) is 13.1. The third-order valence-corrected chi connectivity index (χ3v) is 3.11. The van der Waals surface area contributed by atoms with Gasteiger partial charge in [0.05, 0.1) is 5.88 Å². The van der Waals surface area contributed by atoms with Crippen LogP contribution >= 0.6 is 23.2 Å². The van der Waals surface area contributed by atoms with E-state index in [0.29, 0.717) is 22.2 Å². The van der Waals surface area contributed by atoms with Crippen molar-refractivity contribution in [3.63, 3.8) is 0 Å². The Bertz CT molecular complexity index is 563. The molecule has 0 fully saturated rings.